The van der Waals surface area contributed by atoms with Crippen LogP contribution in [0.4, 0.5) is 0 Å². The average Bonchev–Trinajstić information content (AvgIpc) is 3.21. The van der Waals surface area contributed by atoms with Crippen LogP contribution in [-0.4, -0.2) is 36.4 Å². The zero-order valence-electron chi connectivity index (χ0n) is 37.6. The molecule has 0 fully saturated rings. The van der Waals surface area contributed by atoms with Crippen LogP contribution in [0.5, 0.6) is 0 Å². The van der Waals surface area contributed by atoms with Gasteiger partial charge in [-0.3, -0.25) is 9.59 Å². The molecule has 57 heavy (non-hydrogen) atoms. The number of ether oxygens (including phenoxy) is 2. The third kappa shape index (κ3) is 46.2. The molecule has 0 rings (SSSR count). The van der Waals surface area contributed by atoms with Crippen molar-refractivity contribution in [2.24, 2.45) is 0 Å². The number of aliphatic hydroxyl groups is 1. The Hall–Kier alpha value is -2.40. The fraction of sp³-hybridized carbons (Fsp3) is 0.769. The highest BCUT2D eigenvalue weighted by Crippen LogP contribution is 2.15. The molecule has 330 valence electrons. The summed E-state index contributed by atoms with van der Waals surface area (Å²) in [5, 5.41) is 9.60. The van der Waals surface area contributed by atoms with E-state index in [1.165, 1.54) is 141 Å². The Bertz CT molecular complexity index is 992. The summed E-state index contributed by atoms with van der Waals surface area (Å²) in [6.07, 6.45) is 63.1. The second kappa shape index (κ2) is 48.0. The summed E-state index contributed by atoms with van der Waals surface area (Å²) in [5.41, 5.74) is 0. The Morgan fingerprint density at radius 2 is 0.754 bits per heavy atom. The van der Waals surface area contributed by atoms with E-state index in [9.17, 15) is 14.7 Å². The molecule has 0 aromatic heterocycles. The van der Waals surface area contributed by atoms with Gasteiger partial charge in [0.25, 0.3) is 0 Å². The Balaban J connectivity index is 3.48. The maximum absolute atomic E-state index is 12.2. The van der Waals surface area contributed by atoms with Gasteiger partial charge in [0.1, 0.15) is 6.61 Å². The van der Waals surface area contributed by atoms with Gasteiger partial charge in [-0.2, -0.15) is 0 Å². The Morgan fingerprint density at radius 3 is 1.16 bits per heavy atom. The van der Waals surface area contributed by atoms with Crippen molar-refractivity contribution in [1.29, 1.82) is 0 Å². The number of carbonyl (C=O) groups excluding carboxylic acids is 2. The van der Waals surface area contributed by atoms with E-state index in [-0.39, 0.29) is 25.2 Å². The fourth-order valence-corrected chi connectivity index (χ4v) is 6.89. The zero-order valence-corrected chi connectivity index (χ0v) is 37.6. The summed E-state index contributed by atoms with van der Waals surface area (Å²) in [6.45, 7) is 4.02. The lowest BCUT2D eigenvalue weighted by Crippen LogP contribution is -2.28. The molecule has 0 aliphatic rings. The number of rotatable bonds is 44. The summed E-state index contributed by atoms with van der Waals surface area (Å²) in [7, 11) is 0. The van der Waals surface area contributed by atoms with Gasteiger partial charge in [-0.05, 0) is 77.0 Å². The minimum Gasteiger partial charge on any atom is -0.462 e. The first-order chi connectivity index (χ1) is 28.1. The third-order valence-corrected chi connectivity index (χ3v) is 10.5. The predicted molar refractivity (Wildman–Crippen MR) is 247 cm³/mol. The Labute approximate surface area is 353 Å². The van der Waals surface area contributed by atoms with Gasteiger partial charge in [0.2, 0.25) is 0 Å². The summed E-state index contributed by atoms with van der Waals surface area (Å²) in [5.74, 6) is -0.595. The average molecular weight is 797 g/mol. The highest BCUT2D eigenvalue weighted by Gasteiger charge is 2.16. The lowest BCUT2D eigenvalue weighted by Gasteiger charge is -2.15. The Morgan fingerprint density at radius 1 is 0.421 bits per heavy atom. The second-order valence-electron chi connectivity index (χ2n) is 16.2. The minimum absolute atomic E-state index is 0.0692. The quantitative estimate of drug-likeness (QED) is 0.0378. The van der Waals surface area contributed by atoms with Gasteiger partial charge in [0, 0.05) is 12.8 Å². The van der Waals surface area contributed by atoms with Crippen LogP contribution in [-0.2, 0) is 19.1 Å². The fourth-order valence-electron chi connectivity index (χ4n) is 6.89. The number of esters is 2. The molecule has 0 aromatic carbocycles. The third-order valence-electron chi connectivity index (χ3n) is 10.5. The molecule has 5 heteroatoms. The van der Waals surface area contributed by atoms with E-state index in [0.717, 1.165) is 70.6 Å². The van der Waals surface area contributed by atoms with Crippen LogP contribution in [0.25, 0.3) is 0 Å². The molecule has 1 unspecified atom stereocenters. The first-order valence-corrected chi connectivity index (χ1v) is 24.3. The highest BCUT2D eigenvalue weighted by atomic mass is 16.6. The lowest BCUT2D eigenvalue weighted by atomic mass is 10.0. The van der Waals surface area contributed by atoms with Gasteiger partial charge in [-0.25, -0.2) is 0 Å². The van der Waals surface area contributed by atoms with Crippen molar-refractivity contribution in [1.82, 2.24) is 0 Å². The van der Waals surface area contributed by atoms with Crippen LogP contribution in [0.15, 0.2) is 60.8 Å². The van der Waals surface area contributed by atoms with Gasteiger partial charge in [0.15, 0.2) is 6.10 Å². The molecule has 0 heterocycles. The molecular formula is C52H92O5. The first-order valence-electron chi connectivity index (χ1n) is 24.3. The van der Waals surface area contributed by atoms with Crippen LogP contribution in [0.3, 0.4) is 0 Å². The molecule has 0 amide bonds. The van der Waals surface area contributed by atoms with Crippen LogP contribution in [0.1, 0.15) is 239 Å². The van der Waals surface area contributed by atoms with E-state index in [1.807, 2.05) is 0 Å². The topological polar surface area (TPSA) is 72.8 Å². The van der Waals surface area contributed by atoms with Crippen molar-refractivity contribution in [3.8, 4) is 0 Å². The summed E-state index contributed by atoms with van der Waals surface area (Å²) < 4.78 is 10.6. The molecule has 0 saturated heterocycles. The molecule has 0 aromatic rings. The van der Waals surface area contributed by atoms with E-state index in [1.54, 1.807) is 0 Å². The second-order valence-corrected chi connectivity index (χ2v) is 16.2. The smallest absolute Gasteiger partial charge is 0.306 e. The van der Waals surface area contributed by atoms with E-state index < -0.39 is 6.10 Å². The molecule has 0 radical (unpaired) electrons. The van der Waals surface area contributed by atoms with Crippen molar-refractivity contribution in [2.45, 2.75) is 245 Å². The molecule has 1 atom stereocenters. The summed E-state index contributed by atoms with van der Waals surface area (Å²) in [6, 6.07) is 0. The maximum Gasteiger partial charge on any atom is 0.306 e. The number of allylic oxidation sites excluding steroid dienone is 10. The first kappa shape index (κ1) is 54.6. The number of hydrogen-bond acceptors (Lipinski definition) is 5. The molecule has 0 aliphatic heterocycles. The predicted octanol–water partition coefficient (Wildman–Crippen LogP) is 15.9. The van der Waals surface area contributed by atoms with Crippen molar-refractivity contribution in [3.63, 3.8) is 0 Å². The Kier molecular flexibility index (Phi) is 46.0. The number of unbranched alkanes of at least 4 members (excludes halogenated alkanes) is 26. The van der Waals surface area contributed by atoms with Crippen molar-refractivity contribution >= 4 is 11.9 Å². The molecule has 1 N–H and O–H groups in total. The molecule has 0 bridgehead atoms. The minimum atomic E-state index is -0.775. The van der Waals surface area contributed by atoms with Crippen LogP contribution >= 0.6 is 0 Å². The van der Waals surface area contributed by atoms with Crippen LogP contribution in [0, 0.1) is 0 Å². The van der Waals surface area contributed by atoms with Crippen molar-refractivity contribution in [2.75, 3.05) is 13.2 Å². The van der Waals surface area contributed by atoms with Gasteiger partial charge >= 0.3 is 11.9 Å². The van der Waals surface area contributed by atoms with E-state index >= 15 is 0 Å². The van der Waals surface area contributed by atoms with Gasteiger partial charge in [0.05, 0.1) is 6.61 Å². The largest absolute Gasteiger partial charge is 0.462 e. The van der Waals surface area contributed by atoms with Crippen LogP contribution < -0.4 is 0 Å². The SMILES string of the molecule is CC/C=C\C/C=C\C/C=C\C/C=C\CCCCCCCCCCCCCCCCCCC(=O)OC(CO)COC(=O)CCCCCCC/C=C\CCCCCCC. The highest BCUT2D eigenvalue weighted by molar-refractivity contribution is 5.70. The summed E-state index contributed by atoms with van der Waals surface area (Å²) >= 11 is 0. The lowest BCUT2D eigenvalue weighted by molar-refractivity contribution is -0.161. The molecule has 5 nitrogen and oxygen atoms in total. The number of aliphatic hydroxyl groups excluding tert-OH is 1. The van der Waals surface area contributed by atoms with E-state index in [0.29, 0.717) is 12.8 Å². The van der Waals surface area contributed by atoms with Crippen molar-refractivity contribution in [3.05, 3.63) is 60.8 Å². The number of hydrogen-bond donors (Lipinski definition) is 1. The standard InChI is InChI=1S/C52H92O5/c1-3-5-7-9-11-13-15-17-19-20-21-22-23-24-25-26-27-28-29-30-31-32-33-35-37-39-41-43-45-47-52(55)57-50(48-53)49-56-51(54)46-44-42-40-38-36-34-18-16-14-12-10-8-6-4-2/h5,7,11,13,16-19,21-22,50,53H,3-4,6,8-10,12,14-15,20,23-49H2,1-2H3/b7-5-,13-11-,18-16-,19-17-,22-21-. The molecular weight excluding hydrogens is 705 g/mol. The van der Waals surface area contributed by atoms with E-state index in [4.69, 9.17) is 9.47 Å². The normalized spacial score (nSPS) is 12.7. The molecule has 0 aliphatic carbocycles. The van der Waals surface area contributed by atoms with Crippen molar-refractivity contribution < 1.29 is 24.2 Å². The van der Waals surface area contributed by atoms with Gasteiger partial charge in [-0.15, -0.1) is 0 Å². The monoisotopic (exact) mass is 797 g/mol. The molecule has 0 saturated carbocycles. The zero-order chi connectivity index (χ0) is 41.4. The molecule has 0 spiro atoms. The maximum atomic E-state index is 12.2. The summed E-state index contributed by atoms with van der Waals surface area (Å²) in [4.78, 5) is 24.4. The number of carbonyl (C=O) groups is 2. The van der Waals surface area contributed by atoms with E-state index in [2.05, 4.69) is 74.6 Å². The van der Waals surface area contributed by atoms with Gasteiger partial charge in [-0.1, -0.05) is 209 Å². The van der Waals surface area contributed by atoms with Gasteiger partial charge < -0.3 is 14.6 Å². The van der Waals surface area contributed by atoms with Crippen LogP contribution in [0.2, 0.25) is 0 Å².